The van der Waals surface area contributed by atoms with E-state index in [0.717, 1.165) is 60.7 Å². The third kappa shape index (κ3) is 4.52. The highest BCUT2D eigenvalue weighted by Gasteiger charge is 2.29. The highest BCUT2D eigenvalue weighted by molar-refractivity contribution is 6.06. The molecule has 3 aliphatic rings. The highest BCUT2D eigenvalue weighted by Crippen LogP contribution is 2.34. The summed E-state index contributed by atoms with van der Waals surface area (Å²) < 4.78 is 1.59. The van der Waals surface area contributed by atoms with Crippen LogP contribution in [-0.4, -0.2) is 75.1 Å². The molecule has 6 rings (SSSR count). The Kier molecular flexibility index (Phi) is 6.32. The number of anilines is 2. The van der Waals surface area contributed by atoms with Crippen LogP contribution in [0, 0.1) is 6.92 Å². The minimum Gasteiger partial charge on any atom is -0.393 e. The van der Waals surface area contributed by atoms with Gasteiger partial charge in [0.1, 0.15) is 11.5 Å². The number of aliphatic hydroxyl groups excluding tert-OH is 1. The van der Waals surface area contributed by atoms with Gasteiger partial charge >= 0.3 is 5.69 Å². The van der Waals surface area contributed by atoms with E-state index in [9.17, 15) is 14.7 Å². The average molecular weight is 517 g/mol. The molecule has 11 heteroatoms. The van der Waals surface area contributed by atoms with Crippen molar-refractivity contribution < 1.29 is 9.90 Å². The summed E-state index contributed by atoms with van der Waals surface area (Å²) in [6, 6.07) is 7.92. The minimum atomic E-state index is -0.306. The van der Waals surface area contributed by atoms with Gasteiger partial charge in [-0.05, 0) is 56.5 Å². The fraction of sp³-hybridized carbons (Fsp3) is 0.444. The molecule has 11 nitrogen and oxygen atoms in total. The number of hydrogen-bond donors (Lipinski definition) is 3. The number of carbonyl (C=O) groups excluding carboxylic acids is 1. The van der Waals surface area contributed by atoms with Gasteiger partial charge in [-0.1, -0.05) is 0 Å². The van der Waals surface area contributed by atoms with E-state index >= 15 is 0 Å². The molecule has 1 aromatic carbocycles. The molecule has 4 heterocycles. The molecule has 1 saturated carbocycles. The van der Waals surface area contributed by atoms with E-state index in [1.165, 1.54) is 0 Å². The van der Waals surface area contributed by atoms with E-state index in [0.29, 0.717) is 36.4 Å². The van der Waals surface area contributed by atoms with E-state index in [-0.39, 0.29) is 23.7 Å². The molecule has 38 heavy (non-hydrogen) atoms. The van der Waals surface area contributed by atoms with Crippen LogP contribution in [0.15, 0.2) is 34.1 Å². The second kappa shape index (κ2) is 9.80. The maximum Gasteiger partial charge on any atom is 0.349 e. The number of carbonyl (C=O) groups is 1. The van der Waals surface area contributed by atoms with Gasteiger partial charge in [0, 0.05) is 45.3 Å². The SMILES string of the molecule is CCn1c2c3c(cc(CN4CCN(c5ccc(C(=O)NC6CC(O)C6)nc5C)CC4)cc3nc1=O)NC=N2. The van der Waals surface area contributed by atoms with Crippen LogP contribution in [0.3, 0.4) is 0 Å². The van der Waals surface area contributed by atoms with Gasteiger partial charge in [-0.15, -0.1) is 0 Å². The summed E-state index contributed by atoms with van der Waals surface area (Å²) in [6.07, 6.45) is 2.54. The number of hydrogen-bond acceptors (Lipinski definition) is 9. The number of pyridine rings is 1. The van der Waals surface area contributed by atoms with Crippen LogP contribution in [-0.2, 0) is 13.1 Å². The summed E-state index contributed by atoms with van der Waals surface area (Å²) in [6.45, 7) is 8.60. The summed E-state index contributed by atoms with van der Waals surface area (Å²) in [4.78, 5) is 43.0. The van der Waals surface area contributed by atoms with E-state index < -0.39 is 0 Å². The van der Waals surface area contributed by atoms with Crippen molar-refractivity contribution in [2.24, 2.45) is 4.99 Å². The van der Waals surface area contributed by atoms with Crippen molar-refractivity contribution in [3.8, 4) is 0 Å². The molecular formula is C27H32N8O3. The first-order valence-electron chi connectivity index (χ1n) is 13.2. The number of amides is 1. The van der Waals surface area contributed by atoms with Gasteiger partial charge in [0.2, 0.25) is 0 Å². The number of aliphatic imine (C=N–C) groups is 1. The minimum absolute atomic E-state index is 0.0330. The fourth-order valence-electron chi connectivity index (χ4n) is 5.57. The predicted molar refractivity (Wildman–Crippen MR) is 146 cm³/mol. The first-order chi connectivity index (χ1) is 18.4. The first kappa shape index (κ1) is 24.5. The number of benzene rings is 1. The second-order valence-electron chi connectivity index (χ2n) is 10.3. The first-order valence-corrected chi connectivity index (χ1v) is 13.2. The Bertz CT molecular complexity index is 1490. The Morgan fingerprint density at radius 1 is 1.16 bits per heavy atom. The lowest BCUT2D eigenvalue weighted by atomic mass is 9.89. The van der Waals surface area contributed by atoms with Crippen molar-refractivity contribution in [3.05, 3.63) is 51.7 Å². The average Bonchev–Trinajstić information content (AvgIpc) is 2.88. The van der Waals surface area contributed by atoms with Gasteiger partial charge in [0.25, 0.3) is 5.91 Å². The molecular weight excluding hydrogens is 484 g/mol. The molecule has 3 aromatic rings. The van der Waals surface area contributed by atoms with E-state index in [1.54, 1.807) is 17.0 Å². The lowest BCUT2D eigenvalue weighted by Crippen LogP contribution is -2.47. The molecule has 198 valence electrons. The number of aryl methyl sites for hydroxylation is 1. The third-order valence-electron chi connectivity index (χ3n) is 7.68. The normalized spacial score (nSPS) is 20.8. The molecule has 0 spiro atoms. The van der Waals surface area contributed by atoms with Crippen molar-refractivity contribution in [2.75, 3.05) is 36.4 Å². The Morgan fingerprint density at radius 3 is 2.66 bits per heavy atom. The molecule has 0 radical (unpaired) electrons. The largest absolute Gasteiger partial charge is 0.393 e. The van der Waals surface area contributed by atoms with Crippen LogP contribution >= 0.6 is 0 Å². The Balaban J connectivity index is 1.11. The van der Waals surface area contributed by atoms with Crippen molar-refractivity contribution >= 4 is 40.3 Å². The van der Waals surface area contributed by atoms with Gasteiger partial charge in [-0.25, -0.2) is 14.8 Å². The van der Waals surface area contributed by atoms with E-state index in [2.05, 4.69) is 41.5 Å². The molecule has 1 saturated heterocycles. The summed E-state index contributed by atoms with van der Waals surface area (Å²) in [5.41, 5.74) is 4.71. The van der Waals surface area contributed by atoms with E-state index in [1.807, 2.05) is 26.0 Å². The molecule has 3 N–H and O–H groups in total. The molecule has 0 atom stereocenters. The third-order valence-corrected chi connectivity index (χ3v) is 7.68. The van der Waals surface area contributed by atoms with Crippen molar-refractivity contribution in [1.82, 2.24) is 24.8 Å². The fourth-order valence-corrected chi connectivity index (χ4v) is 5.57. The maximum atomic E-state index is 12.5. The van der Waals surface area contributed by atoms with Crippen LogP contribution in [0.25, 0.3) is 10.9 Å². The van der Waals surface area contributed by atoms with Gasteiger partial charge in [-0.2, -0.15) is 4.98 Å². The van der Waals surface area contributed by atoms with Gasteiger partial charge < -0.3 is 20.6 Å². The number of nitrogens with zero attached hydrogens (tertiary/aromatic N) is 6. The number of rotatable bonds is 6. The number of aliphatic hydroxyl groups is 1. The molecule has 2 fully saturated rings. The lowest BCUT2D eigenvalue weighted by molar-refractivity contribution is 0.0560. The van der Waals surface area contributed by atoms with Crippen LogP contribution in [0.5, 0.6) is 0 Å². The molecule has 2 aliphatic heterocycles. The van der Waals surface area contributed by atoms with Crippen LogP contribution in [0.2, 0.25) is 0 Å². The van der Waals surface area contributed by atoms with Crippen molar-refractivity contribution in [2.45, 2.75) is 51.9 Å². The van der Waals surface area contributed by atoms with E-state index in [4.69, 9.17) is 0 Å². The van der Waals surface area contributed by atoms with Gasteiger partial charge in [0.05, 0.1) is 40.4 Å². The monoisotopic (exact) mass is 516 g/mol. The highest BCUT2D eigenvalue weighted by atomic mass is 16.3. The second-order valence-corrected chi connectivity index (χ2v) is 10.3. The Morgan fingerprint density at radius 2 is 1.95 bits per heavy atom. The standard InChI is InChI=1S/C27H32N8O3/c1-3-35-25-24-21(28-15-29-25)10-17(11-22(24)32-27(35)38)14-33-6-8-34(9-7-33)23-5-4-20(30-16(23)2)26(37)31-18-12-19(36)13-18/h4-5,10-11,15,18-19,36H,3,6-9,12-14H2,1-2H3,(H,28,29)(H,31,37). The number of nitrogens with one attached hydrogen (secondary N) is 2. The molecule has 1 amide bonds. The quantitative estimate of drug-likeness (QED) is 0.452. The lowest BCUT2D eigenvalue weighted by Gasteiger charge is -2.36. The van der Waals surface area contributed by atoms with Crippen LogP contribution < -0.4 is 21.2 Å². The summed E-state index contributed by atoms with van der Waals surface area (Å²) in [7, 11) is 0. The zero-order chi connectivity index (χ0) is 26.4. The number of aromatic nitrogens is 3. The smallest absolute Gasteiger partial charge is 0.349 e. The molecule has 1 aliphatic carbocycles. The summed E-state index contributed by atoms with van der Waals surface area (Å²) in [5.74, 6) is 0.470. The Labute approximate surface area is 220 Å². The Hall–Kier alpha value is -3.83. The van der Waals surface area contributed by atoms with Crippen molar-refractivity contribution in [1.29, 1.82) is 0 Å². The maximum absolute atomic E-state index is 12.5. The zero-order valence-corrected chi connectivity index (χ0v) is 21.6. The molecule has 0 unspecified atom stereocenters. The number of piperazine rings is 1. The van der Waals surface area contributed by atoms with Crippen LogP contribution in [0.4, 0.5) is 17.2 Å². The zero-order valence-electron chi connectivity index (χ0n) is 21.6. The molecule has 0 bridgehead atoms. The van der Waals surface area contributed by atoms with Crippen LogP contribution in [0.1, 0.15) is 41.5 Å². The van der Waals surface area contributed by atoms with Gasteiger partial charge in [0.15, 0.2) is 0 Å². The van der Waals surface area contributed by atoms with Gasteiger partial charge in [-0.3, -0.25) is 14.3 Å². The summed E-state index contributed by atoms with van der Waals surface area (Å²) >= 11 is 0. The summed E-state index contributed by atoms with van der Waals surface area (Å²) in [5, 5.41) is 16.5. The molecule has 2 aromatic heterocycles. The van der Waals surface area contributed by atoms with Crippen molar-refractivity contribution in [3.63, 3.8) is 0 Å². The predicted octanol–water partition coefficient (Wildman–Crippen LogP) is 1.78. The topological polar surface area (TPSA) is 128 Å².